The number of ether oxygens (including phenoxy) is 5. The van der Waals surface area contributed by atoms with E-state index >= 15 is 0 Å². The molecule has 4 aliphatic rings. The Labute approximate surface area is 386 Å². The second kappa shape index (κ2) is 19.5. The summed E-state index contributed by atoms with van der Waals surface area (Å²) in [4.78, 5) is 66.4. The minimum Gasteiger partial charge on any atom is -0.460 e. The summed E-state index contributed by atoms with van der Waals surface area (Å²) in [6, 6.07) is 15.8. The molecule has 0 heterocycles. The van der Waals surface area contributed by atoms with Crippen molar-refractivity contribution in [3.63, 3.8) is 0 Å². The summed E-state index contributed by atoms with van der Waals surface area (Å²) in [6.45, 7) is 16.4. The molecule has 15 heteroatoms. The molecule has 4 fully saturated rings. The Morgan fingerprint density at radius 3 is 2.02 bits per heavy atom. The fraction of sp³-hybridized carbons (Fsp3) is 0.667. The Morgan fingerprint density at radius 1 is 0.788 bits per heavy atom. The minimum absolute atomic E-state index is 0.0828. The van der Waals surface area contributed by atoms with Crippen LogP contribution in [-0.2, 0) is 38.1 Å². The monoisotopic (exact) mass is 927 g/mol. The van der Waals surface area contributed by atoms with Crippen LogP contribution in [0.15, 0.2) is 60.7 Å². The Balaban J connectivity index is 1.30. The molecule has 13 atom stereocenters. The zero-order chi connectivity index (χ0) is 48.6. The third kappa shape index (κ3) is 11.4. The predicted molar refractivity (Wildman–Crippen MR) is 236 cm³/mol. The average molecular weight is 928 g/mol. The normalized spacial score (nSPS) is 31.0. The number of nitrogens with one attached hydrogen (secondary N) is 1. The van der Waals surface area contributed by atoms with Crippen molar-refractivity contribution in [1.29, 1.82) is 0 Å². The van der Waals surface area contributed by atoms with Crippen molar-refractivity contribution >= 4 is 30.0 Å². The van der Waals surface area contributed by atoms with Gasteiger partial charge >= 0.3 is 36.1 Å². The molecule has 0 radical (unpaired) electrons. The number of alkyl carbamates (subject to hydrolysis) is 1. The first-order valence-corrected chi connectivity index (χ1v) is 23.4. The van der Waals surface area contributed by atoms with Crippen LogP contribution in [0, 0.1) is 46.3 Å². The van der Waals surface area contributed by atoms with Crippen LogP contribution in [-0.4, -0.2) is 76.9 Å². The van der Waals surface area contributed by atoms with E-state index in [-0.39, 0.29) is 54.3 Å². The lowest BCUT2D eigenvalue weighted by molar-refractivity contribution is -0.239. The third-order valence-corrected chi connectivity index (χ3v) is 15.1. The van der Waals surface area contributed by atoms with Gasteiger partial charge in [-0.15, -0.1) is 0 Å². The molecule has 2 aromatic rings. The lowest BCUT2D eigenvalue weighted by Gasteiger charge is -2.64. The zero-order valence-electron chi connectivity index (χ0n) is 39.7. The lowest BCUT2D eigenvalue weighted by atomic mass is 9.43. The average Bonchev–Trinajstić information content (AvgIpc) is 3.59. The second-order valence-corrected chi connectivity index (χ2v) is 21.6. The van der Waals surface area contributed by atoms with Crippen molar-refractivity contribution in [1.82, 2.24) is 5.32 Å². The molecule has 6 rings (SSSR count). The highest BCUT2D eigenvalue weighted by Gasteiger charge is 2.68. The Bertz CT molecular complexity index is 2050. The van der Waals surface area contributed by atoms with E-state index in [0.29, 0.717) is 56.1 Å². The molecule has 66 heavy (non-hydrogen) atoms. The third-order valence-electron chi connectivity index (χ3n) is 15.1. The number of rotatable bonds is 12. The number of fused-ring (bicyclic) bond motifs is 5. The number of halogens is 3. The number of carbonyl (C=O) groups excluding carboxylic acids is 5. The fourth-order valence-corrected chi connectivity index (χ4v) is 12.2. The van der Waals surface area contributed by atoms with E-state index < -0.39 is 82.7 Å². The maximum atomic E-state index is 14.1. The van der Waals surface area contributed by atoms with Gasteiger partial charge < -0.3 is 34.1 Å². The molecule has 0 bridgehead atoms. The molecule has 2 aromatic carbocycles. The highest BCUT2D eigenvalue weighted by atomic mass is 19.4. The van der Waals surface area contributed by atoms with Gasteiger partial charge in [0.15, 0.2) is 6.10 Å². The minimum atomic E-state index is -5.24. The molecule has 0 aromatic heterocycles. The molecular formula is C51H68F3NO11. The van der Waals surface area contributed by atoms with Crippen LogP contribution in [0.3, 0.4) is 0 Å². The Kier molecular flexibility index (Phi) is 15.0. The predicted octanol–water partition coefficient (Wildman–Crippen LogP) is 9.86. The number of aliphatic hydroxyl groups is 1. The van der Waals surface area contributed by atoms with Gasteiger partial charge in [0.05, 0.1) is 11.6 Å². The summed E-state index contributed by atoms with van der Waals surface area (Å²) in [5.74, 6) is -5.80. The van der Waals surface area contributed by atoms with Gasteiger partial charge in [-0.3, -0.25) is 4.79 Å². The lowest BCUT2D eigenvalue weighted by Crippen LogP contribution is -2.64. The number of carbonyl (C=O) groups is 5. The van der Waals surface area contributed by atoms with E-state index in [4.69, 9.17) is 23.7 Å². The van der Waals surface area contributed by atoms with Gasteiger partial charge in [0.1, 0.15) is 29.5 Å². The second-order valence-electron chi connectivity index (χ2n) is 21.6. The molecular weight excluding hydrogens is 860 g/mol. The van der Waals surface area contributed by atoms with Gasteiger partial charge in [0.25, 0.3) is 0 Å². The van der Waals surface area contributed by atoms with Crippen molar-refractivity contribution in [3.8, 4) is 0 Å². The number of hydrogen-bond acceptors (Lipinski definition) is 11. The van der Waals surface area contributed by atoms with E-state index in [0.717, 1.165) is 0 Å². The molecule has 364 valence electrons. The molecule has 4 aliphatic carbocycles. The number of esters is 4. The Morgan fingerprint density at radius 2 is 1.41 bits per heavy atom. The van der Waals surface area contributed by atoms with E-state index in [1.54, 1.807) is 102 Å². The van der Waals surface area contributed by atoms with Crippen LogP contribution in [0.25, 0.3) is 0 Å². The number of amides is 1. The highest BCUT2D eigenvalue weighted by molar-refractivity contribution is 5.89. The van der Waals surface area contributed by atoms with Gasteiger partial charge in [-0.2, -0.15) is 13.2 Å². The van der Waals surface area contributed by atoms with Gasteiger partial charge in [-0.05, 0) is 146 Å². The first-order valence-electron chi connectivity index (χ1n) is 23.4. The van der Waals surface area contributed by atoms with Crippen LogP contribution in [0.2, 0.25) is 0 Å². The van der Waals surface area contributed by atoms with Crippen LogP contribution >= 0.6 is 0 Å². The van der Waals surface area contributed by atoms with Crippen molar-refractivity contribution in [2.24, 2.45) is 46.3 Å². The number of alkyl halides is 3. The first-order chi connectivity index (χ1) is 30.7. The van der Waals surface area contributed by atoms with E-state index in [1.807, 2.05) is 13.8 Å². The first kappa shape index (κ1) is 50.7. The van der Waals surface area contributed by atoms with Gasteiger partial charge in [-0.1, -0.05) is 69.3 Å². The van der Waals surface area contributed by atoms with E-state index in [2.05, 4.69) is 12.2 Å². The number of hydrogen-bond donors (Lipinski definition) is 2. The quantitative estimate of drug-likeness (QED) is 0.154. The van der Waals surface area contributed by atoms with E-state index in [1.165, 1.54) is 0 Å². The highest BCUT2D eigenvalue weighted by Crippen LogP contribution is 2.69. The largest absolute Gasteiger partial charge is 0.490 e. The summed E-state index contributed by atoms with van der Waals surface area (Å²) >= 11 is 0. The van der Waals surface area contributed by atoms with Gasteiger partial charge in [0, 0.05) is 17.8 Å². The molecule has 4 saturated carbocycles. The molecule has 1 amide bonds. The van der Waals surface area contributed by atoms with Crippen molar-refractivity contribution < 1.29 is 65.9 Å². The maximum absolute atomic E-state index is 14.1. The maximum Gasteiger partial charge on any atom is 0.490 e. The van der Waals surface area contributed by atoms with Gasteiger partial charge in [-0.25, -0.2) is 19.2 Å². The SMILES string of the molecule is C[C@H](CCC(=O)OC(C)(C)C)[C@H]1CC[C@H]2[C@@H]3[C@H](OC(=O)c4ccccc4)C[C@@H]4C[C@H](OC(=O)[C@H](O)[C@@H](NC(=O)OC(C)(C)C)c5ccccc5)CC[C@]4(C)[C@H]3C[C@H](OC(=O)C(F)(F)F)[C@]12C. The molecule has 2 N–H and O–H groups in total. The Hall–Kier alpha value is -4.66. The molecule has 12 nitrogen and oxygen atoms in total. The van der Waals surface area contributed by atoms with E-state index in [9.17, 15) is 42.3 Å². The topological polar surface area (TPSA) is 164 Å². The summed E-state index contributed by atoms with van der Waals surface area (Å²) < 4.78 is 71.5. The van der Waals surface area contributed by atoms with Crippen LogP contribution in [0.1, 0.15) is 142 Å². The van der Waals surface area contributed by atoms with Crippen molar-refractivity contribution in [3.05, 3.63) is 71.8 Å². The summed E-state index contributed by atoms with van der Waals surface area (Å²) in [7, 11) is 0. The summed E-state index contributed by atoms with van der Waals surface area (Å²) in [5, 5.41) is 14.1. The van der Waals surface area contributed by atoms with Crippen LogP contribution in [0.4, 0.5) is 18.0 Å². The molecule has 0 spiro atoms. The zero-order valence-corrected chi connectivity index (χ0v) is 39.7. The smallest absolute Gasteiger partial charge is 0.460 e. The standard InChI is InChI=1S/C51H68F3NO11/c1-29(20-23-39(56)65-47(2,3)4)34-21-22-35-40-36(28-38(50(34,35)9)64-45(60)51(52,53)54)49(8)25-24-33(26-32(49)27-37(40)63-43(58)31-18-14-11-15-19-31)62-44(59)42(57)41(30-16-12-10-13-17-30)55-46(61)66-48(5,6)7/h10-19,29,32-38,40-42,57H,20-28H2,1-9H3,(H,55,61)/t29-,32+,33-,34-,35+,36+,37-,38+,40+,41+,42-,49+,50-/m1/s1. The van der Waals surface area contributed by atoms with Crippen LogP contribution < -0.4 is 5.32 Å². The molecule has 0 saturated heterocycles. The van der Waals surface area contributed by atoms with Gasteiger partial charge in [0.2, 0.25) is 0 Å². The summed E-state index contributed by atoms with van der Waals surface area (Å²) in [5.41, 5.74) is -2.29. The van der Waals surface area contributed by atoms with Crippen LogP contribution in [0.5, 0.6) is 0 Å². The van der Waals surface area contributed by atoms with Crippen molar-refractivity contribution in [2.75, 3.05) is 0 Å². The molecule has 0 aliphatic heterocycles. The molecule has 0 unspecified atom stereocenters. The fourth-order valence-electron chi connectivity index (χ4n) is 12.2. The number of benzene rings is 2. The van der Waals surface area contributed by atoms with Crippen molar-refractivity contribution in [2.45, 2.75) is 168 Å². The number of aliphatic hydroxyl groups excluding tert-OH is 1. The summed E-state index contributed by atoms with van der Waals surface area (Å²) in [6.07, 6.45) is -7.12.